The second-order valence-electron chi connectivity index (χ2n) is 9.00. The molecule has 5 rings (SSSR count). The summed E-state index contributed by atoms with van der Waals surface area (Å²) in [6, 6.07) is 4.20. The van der Waals surface area contributed by atoms with Crippen LogP contribution in [-0.4, -0.2) is 20.9 Å². The first-order valence-corrected chi connectivity index (χ1v) is 10.6. The summed E-state index contributed by atoms with van der Waals surface area (Å²) < 4.78 is 0. The third-order valence-corrected chi connectivity index (χ3v) is 8.38. The molecule has 6 heteroatoms. The van der Waals surface area contributed by atoms with Crippen molar-refractivity contribution in [3.63, 3.8) is 0 Å². The highest BCUT2D eigenvalue weighted by atomic mass is 32.1. The summed E-state index contributed by atoms with van der Waals surface area (Å²) in [7, 11) is 0. The van der Waals surface area contributed by atoms with E-state index in [1.165, 1.54) is 22.5 Å². The standard InChI is InChI=1S/C22H24N4OS/c1-12-10-14-15(11-13(12)2)25-17-16(24-14)21(5)6-7-22(17,20(21,3)4)18(27)26-19-23-8-9-28-19/h8-11H,6-7H2,1-5H3,(H,23,26,27). The average molecular weight is 393 g/mol. The Bertz CT molecular complexity index is 1140. The zero-order chi connectivity index (χ0) is 19.9. The van der Waals surface area contributed by atoms with Gasteiger partial charge in [0.05, 0.1) is 27.8 Å². The average Bonchev–Trinajstić information content (AvgIpc) is 3.25. The molecule has 2 unspecified atom stereocenters. The Morgan fingerprint density at radius 1 is 1.04 bits per heavy atom. The van der Waals surface area contributed by atoms with E-state index in [0.717, 1.165) is 35.3 Å². The number of hydrogen-bond acceptors (Lipinski definition) is 5. The molecule has 0 radical (unpaired) electrons. The third kappa shape index (κ3) is 1.91. The molecule has 144 valence electrons. The maximum Gasteiger partial charge on any atom is 0.239 e. The number of anilines is 1. The number of rotatable bonds is 2. The van der Waals surface area contributed by atoms with Crippen molar-refractivity contribution >= 4 is 33.4 Å². The molecule has 1 saturated carbocycles. The number of aromatic nitrogens is 3. The van der Waals surface area contributed by atoms with Crippen molar-refractivity contribution in [3.05, 3.63) is 46.2 Å². The highest BCUT2D eigenvalue weighted by molar-refractivity contribution is 7.13. The monoisotopic (exact) mass is 392 g/mol. The number of benzene rings is 1. The molecule has 1 N–H and O–H groups in total. The molecule has 2 heterocycles. The van der Waals surface area contributed by atoms with Crippen LogP contribution >= 0.6 is 11.3 Å². The van der Waals surface area contributed by atoms with Crippen LogP contribution in [0.2, 0.25) is 0 Å². The van der Waals surface area contributed by atoms with E-state index in [1.54, 1.807) is 6.20 Å². The fourth-order valence-electron chi connectivity index (χ4n) is 5.35. The van der Waals surface area contributed by atoms with E-state index in [9.17, 15) is 4.79 Å². The highest BCUT2D eigenvalue weighted by Crippen LogP contribution is 2.70. The summed E-state index contributed by atoms with van der Waals surface area (Å²) >= 11 is 1.44. The number of carbonyl (C=O) groups is 1. The van der Waals surface area contributed by atoms with Gasteiger partial charge >= 0.3 is 0 Å². The Hall–Kier alpha value is -2.34. The normalized spacial score (nSPS) is 27.2. The SMILES string of the molecule is Cc1cc2nc3c(nc2cc1C)C1(C(=O)Nc2nccs2)CCC3(C)C1(C)C. The Kier molecular flexibility index (Phi) is 3.41. The van der Waals surface area contributed by atoms with Gasteiger partial charge in [-0.3, -0.25) is 4.79 Å². The largest absolute Gasteiger partial charge is 0.301 e. The minimum Gasteiger partial charge on any atom is -0.301 e. The van der Waals surface area contributed by atoms with Crippen LogP contribution in [0.15, 0.2) is 23.7 Å². The van der Waals surface area contributed by atoms with Gasteiger partial charge in [0.25, 0.3) is 0 Å². The van der Waals surface area contributed by atoms with E-state index in [2.05, 4.69) is 57.1 Å². The Morgan fingerprint density at radius 2 is 1.68 bits per heavy atom. The fourth-order valence-corrected chi connectivity index (χ4v) is 5.87. The van der Waals surface area contributed by atoms with Crippen LogP contribution in [0.5, 0.6) is 0 Å². The molecule has 2 aliphatic carbocycles. The topological polar surface area (TPSA) is 67.8 Å². The van der Waals surface area contributed by atoms with Gasteiger partial charge in [0.2, 0.25) is 5.91 Å². The molecule has 5 nitrogen and oxygen atoms in total. The first kappa shape index (κ1) is 17.7. The van der Waals surface area contributed by atoms with Crippen molar-refractivity contribution in [2.75, 3.05) is 5.32 Å². The number of carbonyl (C=O) groups excluding carboxylic acids is 1. The van der Waals surface area contributed by atoms with Crippen molar-refractivity contribution in [1.82, 2.24) is 15.0 Å². The molecular formula is C22H24N4OS. The number of thiazole rings is 1. The number of amides is 1. The minimum absolute atomic E-state index is 0.00703. The van der Waals surface area contributed by atoms with Crippen molar-refractivity contribution in [2.45, 2.75) is 58.3 Å². The summed E-state index contributed by atoms with van der Waals surface area (Å²) in [6.45, 7) is 10.8. The molecule has 2 atom stereocenters. The van der Waals surface area contributed by atoms with Gasteiger partial charge in [0.15, 0.2) is 5.13 Å². The maximum atomic E-state index is 13.7. The molecule has 0 aliphatic heterocycles. The van der Waals surface area contributed by atoms with Crippen LogP contribution in [0, 0.1) is 19.3 Å². The van der Waals surface area contributed by atoms with Crippen LogP contribution in [0.25, 0.3) is 11.0 Å². The summed E-state index contributed by atoms with van der Waals surface area (Å²) in [5.41, 5.74) is 4.89. The second kappa shape index (κ2) is 5.38. The van der Waals surface area contributed by atoms with Crippen LogP contribution < -0.4 is 5.32 Å². The maximum absolute atomic E-state index is 13.7. The van der Waals surface area contributed by atoms with Crippen molar-refractivity contribution in [1.29, 1.82) is 0 Å². The van der Waals surface area contributed by atoms with E-state index in [4.69, 9.17) is 9.97 Å². The summed E-state index contributed by atoms with van der Waals surface area (Å²) in [4.78, 5) is 28.0. The van der Waals surface area contributed by atoms with Gasteiger partial charge in [-0.25, -0.2) is 15.0 Å². The molecule has 1 amide bonds. The molecule has 2 bridgehead atoms. The summed E-state index contributed by atoms with van der Waals surface area (Å²) in [5, 5.41) is 5.58. The fraction of sp³-hybridized carbons (Fsp3) is 0.455. The number of nitrogens with one attached hydrogen (secondary N) is 1. The van der Waals surface area contributed by atoms with E-state index < -0.39 is 5.41 Å². The zero-order valence-corrected chi connectivity index (χ0v) is 17.7. The zero-order valence-electron chi connectivity index (χ0n) is 16.9. The van der Waals surface area contributed by atoms with Crippen LogP contribution in [-0.2, 0) is 15.6 Å². The third-order valence-electron chi connectivity index (χ3n) is 7.69. The van der Waals surface area contributed by atoms with Gasteiger partial charge in [-0.05, 0) is 55.4 Å². The predicted molar refractivity (Wildman–Crippen MR) is 112 cm³/mol. The summed E-state index contributed by atoms with van der Waals surface area (Å²) in [5.74, 6) is -0.00703. The smallest absolute Gasteiger partial charge is 0.239 e. The van der Waals surface area contributed by atoms with Crippen LogP contribution in [0.3, 0.4) is 0 Å². The number of fused-ring (bicyclic) bond motifs is 6. The van der Waals surface area contributed by atoms with E-state index in [0.29, 0.717) is 5.13 Å². The van der Waals surface area contributed by atoms with Gasteiger partial charge in [0.1, 0.15) is 0 Å². The Morgan fingerprint density at radius 3 is 2.29 bits per heavy atom. The number of nitrogens with zero attached hydrogens (tertiary/aromatic N) is 3. The van der Waals surface area contributed by atoms with Crippen LogP contribution in [0.4, 0.5) is 5.13 Å². The van der Waals surface area contributed by atoms with Crippen molar-refractivity contribution < 1.29 is 4.79 Å². The quantitative estimate of drug-likeness (QED) is 0.688. The lowest BCUT2D eigenvalue weighted by atomic mass is 9.63. The molecular weight excluding hydrogens is 368 g/mol. The minimum atomic E-state index is -0.692. The molecule has 28 heavy (non-hydrogen) atoms. The first-order valence-electron chi connectivity index (χ1n) is 9.72. The molecule has 3 aromatic rings. The van der Waals surface area contributed by atoms with E-state index >= 15 is 0 Å². The lowest BCUT2D eigenvalue weighted by molar-refractivity contribution is -0.125. The van der Waals surface area contributed by atoms with E-state index in [-0.39, 0.29) is 16.7 Å². The van der Waals surface area contributed by atoms with Crippen molar-refractivity contribution in [2.24, 2.45) is 5.41 Å². The number of hydrogen-bond donors (Lipinski definition) is 1. The molecule has 1 fully saturated rings. The predicted octanol–water partition coefficient (Wildman–Crippen LogP) is 4.67. The second-order valence-corrected chi connectivity index (χ2v) is 9.89. The van der Waals surface area contributed by atoms with E-state index in [1.807, 2.05) is 5.38 Å². The Labute approximate surface area is 168 Å². The van der Waals surface area contributed by atoms with Gasteiger partial charge in [-0.1, -0.05) is 20.8 Å². The molecule has 0 saturated heterocycles. The lowest BCUT2D eigenvalue weighted by Gasteiger charge is -2.39. The highest BCUT2D eigenvalue weighted by Gasteiger charge is 2.73. The van der Waals surface area contributed by atoms with Gasteiger partial charge in [-0.15, -0.1) is 11.3 Å². The first-order chi connectivity index (χ1) is 13.2. The summed E-state index contributed by atoms with van der Waals surface area (Å²) in [6.07, 6.45) is 3.43. The molecule has 1 aromatic carbocycles. The number of aryl methyl sites for hydroxylation is 2. The molecule has 2 aliphatic rings. The van der Waals surface area contributed by atoms with Gasteiger partial charge < -0.3 is 5.32 Å². The van der Waals surface area contributed by atoms with Crippen LogP contribution in [0.1, 0.15) is 56.1 Å². The molecule has 2 aromatic heterocycles. The lowest BCUT2D eigenvalue weighted by Crippen LogP contribution is -2.48. The van der Waals surface area contributed by atoms with Gasteiger partial charge in [0, 0.05) is 17.0 Å². The van der Waals surface area contributed by atoms with Gasteiger partial charge in [-0.2, -0.15) is 0 Å². The Balaban J connectivity index is 1.76. The van der Waals surface area contributed by atoms with Crippen molar-refractivity contribution in [3.8, 4) is 0 Å². The molecule has 0 spiro atoms.